The molecule has 4 heteroatoms. The first-order valence-electron chi connectivity index (χ1n) is 4.78. The maximum atomic E-state index is 13.2. The molecule has 0 aliphatic heterocycles. The number of rotatable bonds is 5. The predicted octanol–water partition coefficient (Wildman–Crippen LogP) is 1.17. The average Bonchev–Trinajstić information content (AvgIpc) is 2.28. The molecular formula is C11H16FNO2. The van der Waals surface area contributed by atoms with Crippen LogP contribution in [0.2, 0.25) is 0 Å². The van der Waals surface area contributed by atoms with E-state index in [1.54, 1.807) is 32.2 Å². The lowest BCUT2D eigenvalue weighted by molar-refractivity contribution is 0.120. The lowest BCUT2D eigenvalue weighted by Gasteiger charge is -2.26. The highest BCUT2D eigenvalue weighted by atomic mass is 19.1. The molecule has 1 atom stereocenters. The third kappa shape index (κ3) is 3.18. The maximum absolute atomic E-state index is 13.2. The van der Waals surface area contributed by atoms with Crippen molar-refractivity contribution in [3.63, 3.8) is 0 Å². The number of nitrogens with one attached hydrogen (secondary N) is 1. The van der Waals surface area contributed by atoms with Gasteiger partial charge in [-0.05, 0) is 26.1 Å². The molecule has 0 amide bonds. The van der Waals surface area contributed by atoms with E-state index in [-0.39, 0.29) is 19.0 Å². The second-order valence-electron chi connectivity index (χ2n) is 3.69. The highest BCUT2D eigenvalue weighted by molar-refractivity contribution is 5.23. The molecule has 1 aromatic carbocycles. The number of hydrogen-bond acceptors (Lipinski definition) is 3. The van der Waals surface area contributed by atoms with Crippen LogP contribution in [-0.4, -0.2) is 30.9 Å². The van der Waals surface area contributed by atoms with Gasteiger partial charge in [0.25, 0.3) is 0 Å². The molecule has 0 spiro atoms. The monoisotopic (exact) mass is 213 g/mol. The van der Waals surface area contributed by atoms with Crippen LogP contribution in [0.3, 0.4) is 0 Å². The standard InChI is InChI=1S/C11H16FNO2/c1-11(7-14,13-2)8-15-10-6-4-3-5-9(10)12/h3-6,13-14H,7-8H2,1-2H3. The quantitative estimate of drug-likeness (QED) is 0.771. The molecule has 0 aromatic heterocycles. The van der Waals surface area contributed by atoms with Crippen LogP contribution in [0.1, 0.15) is 6.92 Å². The van der Waals surface area contributed by atoms with E-state index in [0.29, 0.717) is 0 Å². The number of halogens is 1. The van der Waals surface area contributed by atoms with Gasteiger partial charge >= 0.3 is 0 Å². The zero-order valence-corrected chi connectivity index (χ0v) is 8.96. The van der Waals surface area contributed by atoms with Gasteiger partial charge in [-0.3, -0.25) is 0 Å². The molecule has 2 N–H and O–H groups in total. The minimum Gasteiger partial charge on any atom is -0.489 e. The number of benzene rings is 1. The molecule has 1 rings (SSSR count). The van der Waals surface area contributed by atoms with Crippen molar-refractivity contribution >= 4 is 0 Å². The fourth-order valence-corrected chi connectivity index (χ4v) is 0.996. The summed E-state index contributed by atoms with van der Waals surface area (Å²) in [6.45, 7) is 1.94. The van der Waals surface area contributed by atoms with Gasteiger partial charge in [0.15, 0.2) is 11.6 Å². The lowest BCUT2D eigenvalue weighted by atomic mass is 10.1. The van der Waals surface area contributed by atoms with Crippen LogP contribution in [0.15, 0.2) is 24.3 Å². The smallest absolute Gasteiger partial charge is 0.165 e. The molecule has 0 saturated carbocycles. The summed E-state index contributed by atoms with van der Waals surface area (Å²) in [4.78, 5) is 0. The van der Waals surface area contributed by atoms with Gasteiger partial charge in [-0.25, -0.2) is 4.39 Å². The molecule has 0 fully saturated rings. The van der Waals surface area contributed by atoms with Gasteiger partial charge in [0.2, 0.25) is 0 Å². The van der Waals surface area contributed by atoms with Crippen LogP contribution in [0.4, 0.5) is 4.39 Å². The van der Waals surface area contributed by atoms with Gasteiger partial charge in [-0.1, -0.05) is 12.1 Å². The van der Waals surface area contributed by atoms with E-state index in [9.17, 15) is 4.39 Å². The Morgan fingerprint density at radius 2 is 2.13 bits per heavy atom. The summed E-state index contributed by atoms with van der Waals surface area (Å²) in [7, 11) is 1.72. The summed E-state index contributed by atoms with van der Waals surface area (Å²) in [5.74, 6) is -0.193. The zero-order chi connectivity index (χ0) is 11.3. The Morgan fingerprint density at radius 1 is 1.47 bits per heavy atom. The van der Waals surface area contributed by atoms with E-state index in [2.05, 4.69) is 5.32 Å². The molecule has 0 saturated heterocycles. The third-order valence-corrected chi connectivity index (χ3v) is 2.34. The Hall–Kier alpha value is -1.13. The fourth-order valence-electron chi connectivity index (χ4n) is 0.996. The molecule has 0 aliphatic rings. The van der Waals surface area contributed by atoms with Crippen molar-refractivity contribution in [3.05, 3.63) is 30.1 Å². The van der Waals surface area contributed by atoms with Crippen molar-refractivity contribution in [3.8, 4) is 5.75 Å². The second-order valence-corrected chi connectivity index (χ2v) is 3.69. The fraction of sp³-hybridized carbons (Fsp3) is 0.455. The molecule has 3 nitrogen and oxygen atoms in total. The van der Waals surface area contributed by atoms with Crippen molar-refractivity contribution in [1.29, 1.82) is 0 Å². The van der Waals surface area contributed by atoms with Gasteiger partial charge in [0.05, 0.1) is 12.1 Å². The summed E-state index contributed by atoms with van der Waals surface area (Å²) in [6.07, 6.45) is 0. The lowest BCUT2D eigenvalue weighted by Crippen LogP contribution is -2.48. The summed E-state index contributed by atoms with van der Waals surface area (Å²) in [5.41, 5.74) is -0.553. The van der Waals surface area contributed by atoms with Crippen molar-refractivity contribution in [1.82, 2.24) is 5.32 Å². The largest absolute Gasteiger partial charge is 0.489 e. The minimum atomic E-state index is -0.553. The molecular weight excluding hydrogens is 197 g/mol. The van der Waals surface area contributed by atoms with Gasteiger partial charge < -0.3 is 15.2 Å². The Balaban J connectivity index is 2.61. The first-order valence-corrected chi connectivity index (χ1v) is 4.78. The Morgan fingerprint density at radius 3 is 2.67 bits per heavy atom. The highest BCUT2D eigenvalue weighted by Gasteiger charge is 2.22. The Kier molecular flexibility index (Phi) is 4.05. The number of para-hydroxylation sites is 1. The first kappa shape index (κ1) is 11.9. The molecule has 0 radical (unpaired) electrons. The minimum absolute atomic E-state index is 0.0715. The van der Waals surface area contributed by atoms with Crippen LogP contribution in [-0.2, 0) is 0 Å². The molecule has 1 aromatic rings. The topological polar surface area (TPSA) is 41.5 Å². The van der Waals surface area contributed by atoms with Crippen LogP contribution in [0.5, 0.6) is 5.75 Å². The second kappa shape index (κ2) is 5.09. The Bertz CT molecular complexity index is 313. The van der Waals surface area contributed by atoms with Crippen molar-refractivity contribution < 1.29 is 14.2 Å². The summed E-state index contributed by atoms with van der Waals surface area (Å²) in [6, 6.07) is 6.20. The molecule has 0 bridgehead atoms. The van der Waals surface area contributed by atoms with Crippen molar-refractivity contribution in [2.75, 3.05) is 20.3 Å². The normalized spacial score (nSPS) is 14.7. The van der Waals surface area contributed by atoms with Gasteiger partial charge in [-0.15, -0.1) is 0 Å². The van der Waals surface area contributed by atoms with Crippen LogP contribution in [0, 0.1) is 5.82 Å². The van der Waals surface area contributed by atoms with Gasteiger partial charge in [0, 0.05) is 0 Å². The summed E-state index contributed by atoms with van der Waals surface area (Å²) in [5, 5.41) is 12.0. The van der Waals surface area contributed by atoms with E-state index < -0.39 is 11.4 Å². The third-order valence-electron chi connectivity index (χ3n) is 2.34. The van der Waals surface area contributed by atoms with Crippen LogP contribution < -0.4 is 10.1 Å². The van der Waals surface area contributed by atoms with E-state index in [0.717, 1.165) is 0 Å². The SMILES string of the molecule is CNC(C)(CO)COc1ccccc1F. The van der Waals surface area contributed by atoms with Crippen molar-refractivity contribution in [2.24, 2.45) is 0 Å². The number of hydrogen-bond donors (Lipinski definition) is 2. The van der Waals surface area contributed by atoms with E-state index in [4.69, 9.17) is 9.84 Å². The highest BCUT2D eigenvalue weighted by Crippen LogP contribution is 2.16. The molecule has 15 heavy (non-hydrogen) atoms. The van der Waals surface area contributed by atoms with E-state index >= 15 is 0 Å². The number of aliphatic hydroxyl groups is 1. The zero-order valence-electron chi connectivity index (χ0n) is 8.96. The van der Waals surface area contributed by atoms with Crippen molar-refractivity contribution in [2.45, 2.75) is 12.5 Å². The first-order chi connectivity index (χ1) is 7.11. The van der Waals surface area contributed by atoms with Gasteiger partial charge in [-0.2, -0.15) is 0 Å². The summed E-state index contributed by atoms with van der Waals surface area (Å²) >= 11 is 0. The van der Waals surface area contributed by atoms with E-state index in [1.165, 1.54) is 6.07 Å². The molecule has 1 unspecified atom stereocenters. The molecule has 84 valence electrons. The van der Waals surface area contributed by atoms with E-state index in [1.807, 2.05) is 0 Å². The van der Waals surface area contributed by atoms with Crippen LogP contribution in [0.25, 0.3) is 0 Å². The number of ether oxygens (including phenoxy) is 1. The summed E-state index contributed by atoms with van der Waals surface area (Å²) < 4.78 is 18.5. The predicted molar refractivity (Wildman–Crippen MR) is 56.4 cm³/mol. The number of likely N-dealkylation sites (N-methyl/N-ethyl adjacent to an activating group) is 1. The van der Waals surface area contributed by atoms with Gasteiger partial charge in [0.1, 0.15) is 6.61 Å². The molecule has 0 aliphatic carbocycles. The maximum Gasteiger partial charge on any atom is 0.165 e. The number of aliphatic hydroxyl groups excluding tert-OH is 1. The van der Waals surface area contributed by atoms with Crippen LogP contribution >= 0.6 is 0 Å². The Labute approximate surface area is 88.9 Å². The molecule has 0 heterocycles. The average molecular weight is 213 g/mol.